The summed E-state index contributed by atoms with van der Waals surface area (Å²) in [4.78, 5) is 0. The summed E-state index contributed by atoms with van der Waals surface area (Å²) in [5.74, 6) is 2.53. The van der Waals surface area contributed by atoms with Crippen LogP contribution < -0.4 is 4.74 Å². The first kappa shape index (κ1) is 17.6. The molecule has 2 atom stereocenters. The summed E-state index contributed by atoms with van der Waals surface area (Å²) in [5, 5.41) is 0.877. The molecule has 0 saturated carbocycles. The topological polar surface area (TPSA) is 9.23 Å². The first-order valence-electron chi connectivity index (χ1n) is 7.99. The lowest BCUT2D eigenvalue weighted by atomic mass is 9.87. The summed E-state index contributed by atoms with van der Waals surface area (Å²) in [5.41, 5.74) is 1.47. The van der Waals surface area contributed by atoms with Crippen molar-refractivity contribution >= 4 is 15.9 Å². The predicted octanol–water partition coefficient (Wildman–Crippen LogP) is 6.17. The quantitative estimate of drug-likeness (QED) is 0.462. The Morgan fingerprint density at radius 1 is 1.05 bits per heavy atom. The SMILES string of the molecule is CCCC(CCC(C)CC)c1ccc(OCCBr)cc1. The van der Waals surface area contributed by atoms with Gasteiger partial charge in [0.1, 0.15) is 5.75 Å². The molecule has 1 rings (SSSR count). The molecule has 2 unspecified atom stereocenters. The lowest BCUT2D eigenvalue weighted by Crippen LogP contribution is -2.03. The Balaban J connectivity index is 2.61. The molecule has 1 aromatic carbocycles. The van der Waals surface area contributed by atoms with Crippen molar-refractivity contribution in [3.05, 3.63) is 29.8 Å². The van der Waals surface area contributed by atoms with E-state index in [4.69, 9.17) is 4.74 Å². The zero-order chi connectivity index (χ0) is 14.8. The van der Waals surface area contributed by atoms with E-state index in [1.54, 1.807) is 0 Å². The van der Waals surface area contributed by atoms with Gasteiger partial charge in [0, 0.05) is 5.33 Å². The molecule has 0 heterocycles. The standard InChI is InChI=1S/C18H29BrO/c1-4-6-16(8-7-15(3)5-2)17-9-11-18(12-10-17)20-14-13-19/h9-12,15-16H,4-8,13-14H2,1-3H3. The molecule has 0 aliphatic rings. The summed E-state index contributed by atoms with van der Waals surface area (Å²) in [6.45, 7) is 7.66. The maximum atomic E-state index is 5.62. The van der Waals surface area contributed by atoms with Crippen molar-refractivity contribution in [3.8, 4) is 5.75 Å². The van der Waals surface area contributed by atoms with Gasteiger partial charge in [0.2, 0.25) is 0 Å². The van der Waals surface area contributed by atoms with Gasteiger partial charge >= 0.3 is 0 Å². The molecule has 0 fully saturated rings. The fourth-order valence-corrected chi connectivity index (χ4v) is 2.67. The molecule has 0 aliphatic heterocycles. The maximum absolute atomic E-state index is 5.62. The van der Waals surface area contributed by atoms with Crippen LogP contribution in [0.25, 0.3) is 0 Å². The smallest absolute Gasteiger partial charge is 0.119 e. The molecule has 114 valence electrons. The Morgan fingerprint density at radius 2 is 1.75 bits per heavy atom. The fourth-order valence-electron chi connectivity index (χ4n) is 2.51. The van der Waals surface area contributed by atoms with Crippen molar-refractivity contribution in [1.29, 1.82) is 0 Å². The van der Waals surface area contributed by atoms with Crippen LogP contribution in [0, 0.1) is 5.92 Å². The largest absolute Gasteiger partial charge is 0.493 e. The number of alkyl halides is 1. The highest BCUT2D eigenvalue weighted by atomic mass is 79.9. The highest BCUT2D eigenvalue weighted by molar-refractivity contribution is 9.09. The van der Waals surface area contributed by atoms with E-state index in [9.17, 15) is 0 Å². The molecule has 1 nitrogen and oxygen atoms in total. The second-order valence-corrected chi connectivity index (χ2v) is 6.48. The Morgan fingerprint density at radius 3 is 2.30 bits per heavy atom. The van der Waals surface area contributed by atoms with E-state index in [1.165, 1.54) is 37.7 Å². The number of rotatable bonds is 10. The molecule has 0 radical (unpaired) electrons. The molecule has 0 bridgehead atoms. The van der Waals surface area contributed by atoms with Gasteiger partial charge in [0.05, 0.1) is 6.61 Å². The van der Waals surface area contributed by atoms with Crippen LogP contribution in [0.5, 0.6) is 5.75 Å². The number of benzene rings is 1. The summed E-state index contributed by atoms with van der Waals surface area (Å²) in [7, 11) is 0. The van der Waals surface area contributed by atoms with Gasteiger partial charge in [-0.15, -0.1) is 0 Å². The second-order valence-electron chi connectivity index (χ2n) is 5.68. The molecule has 0 spiro atoms. The van der Waals surface area contributed by atoms with Gasteiger partial charge in [-0.05, 0) is 42.4 Å². The molecular formula is C18H29BrO. The van der Waals surface area contributed by atoms with Gasteiger partial charge in [-0.1, -0.05) is 68.1 Å². The van der Waals surface area contributed by atoms with Gasteiger partial charge in [-0.25, -0.2) is 0 Å². The van der Waals surface area contributed by atoms with Gasteiger partial charge < -0.3 is 4.74 Å². The fraction of sp³-hybridized carbons (Fsp3) is 0.667. The summed E-state index contributed by atoms with van der Waals surface area (Å²) in [6.07, 6.45) is 6.48. The zero-order valence-corrected chi connectivity index (χ0v) is 14.8. The minimum Gasteiger partial charge on any atom is -0.493 e. The van der Waals surface area contributed by atoms with Crippen molar-refractivity contribution in [3.63, 3.8) is 0 Å². The van der Waals surface area contributed by atoms with Gasteiger partial charge in [0.15, 0.2) is 0 Å². The normalized spacial score (nSPS) is 14.0. The third-order valence-corrected chi connectivity index (χ3v) is 4.36. The zero-order valence-electron chi connectivity index (χ0n) is 13.2. The minimum atomic E-state index is 0.708. The monoisotopic (exact) mass is 340 g/mol. The molecular weight excluding hydrogens is 312 g/mol. The molecule has 0 aliphatic carbocycles. The van der Waals surface area contributed by atoms with Gasteiger partial charge in [-0.2, -0.15) is 0 Å². The average molecular weight is 341 g/mol. The van der Waals surface area contributed by atoms with E-state index >= 15 is 0 Å². The van der Waals surface area contributed by atoms with Crippen molar-refractivity contribution < 1.29 is 4.74 Å². The highest BCUT2D eigenvalue weighted by Gasteiger charge is 2.12. The number of hydrogen-bond donors (Lipinski definition) is 0. The van der Waals surface area contributed by atoms with Gasteiger partial charge in [0.25, 0.3) is 0 Å². The number of halogens is 1. The van der Waals surface area contributed by atoms with Crippen LogP contribution in [0.3, 0.4) is 0 Å². The third kappa shape index (κ3) is 6.30. The van der Waals surface area contributed by atoms with E-state index in [2.05, 4.69) is 61.0 Å². The number of hydrogen-bond acceptors (Lipinski definition) is 1. The first-order chi connectivity index (χ1) is 9.71. The summed E-state index contributed by atoms with van der Waals surface area (Å²) < 4.78 is 5.62. The summed E-state index contributed by atoms with van der Waals surface area (Å²) in [6, 6.07) is 8.73. The van der Waals surface area contributed by atoms with Crippen LogP contribution in [0.15, 0.2) is 24.3 Å². The van der Waals surface area contributed by atoms with Gasteiger partial charge in [-0.3, -0.25) is 0 Å². The number of ether oxygens (including phenoxy) is 1. The van der Waals surface area contributed by atoms with Crippen molar-refractivity contribution in [1.82, 2.24) is 0 Å². The molecule has 0 aromatic heterocycles. The molecule has 0 amide bonds. The predicted molar refractivity (Wildman–Crippen MR) is 92.1 cm³/mol. The highest BCUT2D eigenvalue weighted by Crippen LogP contribution is 2.29. The minimum absolute atomic E-state index is 0.708. The first-order valence-corrected chi connectivity index (χ1v) is 9.12. The van der Waals surface area contributed by atoms with E-state index in [0.717, 1.165) is 23.6 Å². The van der Waals surface area contributed by atoms with Crippen molar-refractivity contribution in [2.24, 2.45) is 5.92 Å². The van der Waals surface area contributed by atoms with E-state index in [-0.39, 0.29) is 0 Å². The third-order valence-electron chi connectivity index (χ3n) is 4.04. The van der Waals surface area contributed by atoms with Crippen LogP contribution in [0.2, 0.25) is 0 Å². The molecule has 2 heteroatoms. The van der Waals surface area contributed by atoms with E-state index < -0.39 is 0 Å². The van der Waals surface area contributed by atoms with Crippen molar-refractivity contribution in [2.75, 3.05) is 11.9 Å². The van der Waals surface area contributed by atoms with E-state index in [0.29, 0.717) is 5.92 Å². The second kappa shape index (κ2) is 10.3. The Hall–Kier alpha value is -0.500. The van der Waals surface area contributed by atoms with Crippen LogP contribution in [-0.4, -0.2) is 11.9 Å². The van der Waals surface area contributed by atoms with Crippen LogP contribution in [0.1, 0.15) is 64.4 Å². The van der Waals surface area contributed by atoms with Crippen LogP contribution >= 0.6 is 15.9 Å². The lowest BCUT2D eigenvalue weighted by Gasteiger charge is -2.19. The van der Waals surface area contributed by atoms with Crippen LogP contribution in [-0.2, 0) is 0 Å². The van der Waals surface area contributed by atoms with Crippen molar-refractivity contribution in [2.45, 2.75) is 58.8 Å². The molecule has 0 saturated heterocycles. The Kier molecular flexibility index (Phi) is 9.00. The lowest BCUT2D eigenvalue weighted by molar-refractivity contribution is 0.345. The maximum Gasteiger partial charge on any atom is 0.119 e. The van der Waals surface area contributed by atoms with E-state index in [1.807, 2.05) is 0 Å². The molecule has 1 aromatic rings. The molecule has 20 heavy (non-hydrogen) atoms. The molecule has 0 N–H and O–H groups in total. The average Bonchev–Trinajstić information content (AvgIpc) is 2.49. The Labute approximate surface area is 133 Å². The van der Waals surface area contributed by atoms with Crippen LogP contribution in [0.4, 0.5) is 0 Å². The Bertz CT molecular complexity index is 347. The summed E-state index contributed by atoms with van der Waals surface area (Å²) >= 11 is 3.38.